The van der Waals surface area contributed by atoms with Crippen LogP contribution >= 0.6 is 11.6 Å². The highest BCUT2D eigenvalue weighted by atomic mass is 35.5. The summed E-state index contributed by atoms with van der Waals surface area (Å²) in [5, 5.41) is 5.50. The number of ether oxygens (including phenoxy) is 2. The molecule has 9 heteroatoms. The topological polar surface area (TPSA) is 97.0 Å². The second-order valence-electron chi connectivity index (χ2n) is 8.63. The first-order valence-corrected chi connectivity index (χ1v) is 12.5. The number of halogens is 1. The number of amides is 3. The molecule has 0 aliphatic carbocycles. The van der Waals surface area contributed by atoms with Gasteiger partial charge in [-0.3, -0.25) is 14.4 Å². The van der Waals surface area contributed by atoms with Crippen molar-refractivity contribution < 1.29 is 23.9 Å². The van der Waals surface area contributed by atoms with Crippen LogP contribution in [0.4, 0.5) is 17.1 Å². The zero-order chi connectivity index (χ0) is 27.2. The summed E-state index contributed by atoms with van der Waals surface area (Å²) in [6.07, 6.45) is 3.07. The fourth-order valence-electron chi connectivity index (χ4n) is 4.03. The van der Waals surface area contributed by atoms with Crippen molar-refractivity contribution in [3.8, 4) is 11.5 Å². The zero-order valence-electron chi connectivity index (χ0n) is 21.3. The predicted molar refractivity (Wildman–Crippen MR) is 148 cm³/mol. The molecule has 38 heavy (non-hydrogen) atoms. The lowest BCUT2D eigenvalue weighted by Crippen LogP contribution is -2.32. The van der Waals surface area contributed by atoms with Gasteiger partial charge in [-0.05, 0) is 60.9 Å². The van der Waals surface area contributed by atoms with Gasteiger partial charge in [0.1, 0.15) is 22.2 Å². The first-order chi connectivity index (χ1) is 18.4. The molecule has 1 aliphatic heterocycles. The van der Waals surface area contributed by atoms with Crippen molar-refractivity contribution in [1.29, 1.82) is 0 Å². The zero-order valence-corrected chi connectivity index (χ0v) is 22.1. The third-order valence-corrected chi connectivity index (χ3v) is 6.44. The van der Waals surface area contributed by atoms with Crippen molar-refractivity contribution in [1.82, 2.24) is 0 Å². The van der Waals surface area contributed by atoms with Gasteiger partial charge in [0.05, 0.1) is 25.6 Å². The van der Waals surface area contributed by atoms with Gasteiger partial charge in [-0.15, -0.1) is 0 Å². The molecule has 0 bridgehead atoms. The molecule has 1 heterocycles. The Kier molecular flexibility index (Phi) is 8.33. The van der Waals surface area contributed by atoms with Crippen LogP contribution in [0.15, 0.2) is 77.5 Å². The van der Waals surface area contributed by atoms with Gasteiger partial charge in [0, 0.05) is 17.3 Å². The number of carbonyl (C=O) groups is 3. The van der Waals surface area contributed by atoms with E-state index in [4.69, 9.17) is 21.1 Å². The summed E-state index contributed by atoms with van der Waals surface area (Å²) in [4.78, 5) is 40.0. The van der Waals surface area contributed by atoms with E-state index >= 15 is 0 Å². The molecular weight excluding hydrogens is 506 g/mol. The predicted octanol–water partition coefficient (Wildman–Crippen LogP) is 5.73. The third-order valence-electron chi connectivity index (χ3n) is 6.09. The number of carbonyl (C=O) groups excluding carboxylic acids is 3. The lowest BCUT2D eigenvalue weighted by atomic mass is 10.1. The van der Waals surface area contributed by atoms with Gasteiger partial charge < -0.3 is 20.1 Å². The van der Waals surface area contributed by atoms with Gasteiger partial charge in [0.15, 0.2) is 0 Å². The number of methoxy groups -OCH3 is 2. The molecule has 4 rings (SSSR count). The molecule has 3 aromatic carbocycles. The average Bonchev–Trinajstić information content (AvgIpc) is 3.15. The number of hydrogen-bond donors (Lipinski definition) is 2. The van der Waals surface area contributed by atoms with E-state index in [9.17, 15) is 14.4 Å². The largest absolute Gasteiger partial charge is 0.497 e. The standard InChI is InChI=1S/C29H28ClN3O5/c1-4-5-7-18-10-12-21(13-11-18)33-28(35)25(30)26(29(33)36)31-20-9-6-8-19(16-20)27(34)32-23-17-22(37-2)14-15-24(23)38-3/h6,8-17,31H,4-5,7H2,1-3H3,(H,32,34). The Morgan fingerprint density at radius 3 is 2.39 bits per heavy atom. The van der Waals surface area contributed by atoms with Gasteiger partial charge >= 0.3 is 0 Å². The summed E-state index contributed by atoms with van der Waals surface area (Å²) >= 11 is 6.29. The molecule has 0 fully saturated rings. The van der Waals surface area contributed by atoms with Crippen LogP contribution in [0.5, 0.6) is 11.5 Å². The minimum atomic E-state index is -0.612. The van der Waals surface area contributed by atoms with Crippen LogP contribution in [0.2, 0.25) is 0 Å². The van der Waals surface area contributed by atoms with Gasteiger partial charge in [-0.1, -0.05) is 43.1 Å². The van der Waals surface area contributed by atoms with Crippen LogP contribution < -0.4 is 25.0 Å². The molecule has 0 saturated carbocycles. The summed E-state index contributed by atoms with van der Waals surface area (Å²) in [6.45, 7) is 2.12. The Bertz CT molecular complexity index is 1400. The van der Waals surface area contributed by atoms with Crippen molar-refractivity contribution >= 4 is 46.4 Å². The molecule has 0 atom stereocenters. The Hall–Kier alpha value is -4.30. The summed E-state index contributed by atoms with van der Waals surface area (Å²) in [7, 11) is 3.03. The molecule has 3 amide bonds. The first kappa shape index (κ1) is 26.8. The van der Waals surface area contributed by atoms with E-state index in [0.717, 1.165) is 29.7 Å². The number of aryl methyl sites for hydroxylation is 1. The number of imide groups is 1. The van der Waals surface area contributed by atoms with E-state index in [1.54, 1.807) is 54.6 Å². The van der Waals surface area contributed by atoms with Crippen LogP contribution in [-0.2, 0) is 16.0 Å². The lowest BCUT2D eigenvalue weighted by molar-refractivity contribution is -0.120. The summed E-state index contributed by atoms with van der Waals surface area (Å²) in [5.74, 6) is -0.558. The van der Waals surface area contributed by atoms with Gasteiger partial charge in [-0.25, -0.2) is 4.90 Å². The smallest absolute Gasteiger partial charge is 0.283 e. The van der Waals surface area contributed by atoms with Crippen LogP contribution in [-0.4, -0.2) is 31.9 Å². The molecule has 2 N–H and O–H groups in total. The Balaban J connectivity index is 1.51. The van der Waals surface area contributed by atoms with E-state index in [1.807, 2.05) is 12.1 Å². The van der Waals surface area contributed by atoms with E-state index in [2.05, 4.69) is 17.6 Å². The number of benzene rings is 3. The summed E-state index contributed by atoms with van der Waals surface area (Å²) in [5.41, 5.74) is 2.69. The van der Waals surface area contributed by atoms with Crippen LogP contribution in [0.1, 0.15) is 35.7 Å². The van der Waals surface area contributed by atoms with Crippen molar-refractivity contribution in [2.24, 2.45) is 0 Å². The van der Waals surface area contributed by atoms with E-state index in [-0.39, 0.29) is 10.7 Å². The third kappa shape index (κ3) is 5.65. The second-order valence-corrected chi connectivity index (χ2v) is 9.01. The average molecular weight is 534 g/mol. The highest BCUT2D eigenvalue weighted by Crippen LogP contribution is 2.32. The van der Waals surface area contributed by atoms with Crippen molar-refractivity contribution in [2.45, 2.75) is 26.2 Å². The van der Waals surface area contributed by atoms with Crippen molar-refractivity contribution in [3.63, 3.8) is 0 Å². The number of rotatable bonds is 10. The Morgan fingerprint density at radius 1 is 0.947 bits per heavy atom. The molecule has 3 aromatic rings. The molecule has 196 valence electrons. The first-order valence-electron chi connectivity index (χ1n) is 12.1. The fraction of sp³-hybridized carbons (Fsp3) is 0.207. The summed E-state index contributed by atoms with van der Waals surface area (Å²) < 4.78 is 10.5. The number of hydrogen-bond acceptors (Lipinski definition) is 6. The maximum Gasteiger partial charge on any atom is 0.283 e. The molecule has 0 saturated heterocycles. The van der Waals surface area contributed by atoms with Gasteiger partial charge in [0.2, 0.25) is 0 Å². The molecule has 0 radical (unpaired) electrons. The number of nitrogens with one attached hydrogen (secondary N) is 2. The van der Waals surface area contributed by atoms with Crippen LogP contribution in [0.3, 0.4) is 0 Å². The quantitative estimate of drug-likeness (QED) is 0.323. The van der Waals surface area contributed by atoms with E-state index in [0.29, 0.717) is 34.1 Å². The Labute approximate surface area is 226 Å². The van der Waals surface area contributed by atoms with Crippen molar-refractivity contribution in [2.75, 3.05) is 29.8 Å². The molecular formula is C29H28ClN3O5. The maximum atomic E-state index is 13.2. The van der Waals surface area contributed by atoms with Crippen LogP contribution in [0.25, 0.3) is 0 Å². The molecule has 8 nitrogen and oxygen atoms in total. The maximum absolute atomic E-state index is 13.2. The van der Waals surface area contributed by atoms with Crippen LogP contribution in [0, 0.1) is 0 Å². The lowest BCUT2D eigenvalue weighted by Gasteiger charge is -2.16. The van der Waals surface area contributed by atoms with E-state index < -0.39 is 17.7 Å². The fourth-order valence-corrected chi connectivity index (χ4v) is 4.24. The van der Waals surface area contributed by atoms with Gasteiger partial charge in [0.25, 0.3) is 17.7 Å². The molecule has 1 aliphatic rings. The number of anilines is 3. The summed E-state index contributed by atoms with van der Waals surface area (Å²) in [6, 6.07) is 18.9. The van der Waals surface area contributed by atoms with Gasteiger partial charge in [-0.2, -0.15) is 0 Å². The second kappa shape index (κ2) is 11.8. The minimum Gasteiger partial charge on any atom is -0.497 e. The van der Waals surface area contributed by atoms with Crippen molar-refractivity contribution in [3.05, 3.63) is 88.6 Å². The highest BCUT2D eigenvalue weighted by molar-refractivity contribution is 6.53. The Morgan fingerprint density at radius 2 is 1.71 bits per heavy atom. The number of unbranched alkanes of at least 4 members (excludes halogenated alkanes) is 1. The molecule has 0 spiro atoms. The van der Waals surface area contributed by atoms with E-state index in [1.165, 1.54) is 14.2 Å². The monoisotopic (exact) mass is 533 g/mol. The molecule has 0 unspecified atom stereocenters. The number of nitrogens with zero attached hydrogens (tertiary/aromatic N) is 1. The molecule has 0 aromatic heterocycles. The SMILES string of the molecule is CCCCc1ccc(N2C(=O)C(Cl)=C(Nc3cccc(C(=O)Nc4cc(OC)ccc4OC)c3)C2=O)cc1. The minimum absolute atomic E-state index is 0.0567. The highest BCUT2D eigenvalue weighted by Gasteiger charge is 2.39. The normalized spacial score (nSPS) is 13.1.